The molecular formula is C14H20O4. The molecule has 0 bridgehead atoms. The number of hydrogen-bond donors (Lipinski definition) is 1. The van der Waals surface area contributed by atoms with E-state index in [4.69, 9.17) is 9.47 Å². The quantitative estimate of drug-likeness (QED) is 0.540. The summed E-state index contributed by atoms with van der Waals surface area (Å²) in [6, 6.07) is 6.82. The van der Waals surface area contributed by atoms with Gasteiger partial charge in [-0.05, 0) is 18.6 Å². The lowest BCUT2D eigenvalue weighted by atomic mass is 10.2. The van der Waals surface area contributed by atoms with E-state index >= 15 is 0 Å². The largest absolute Gasteiger partial charge is 0.491 e. The van der Waals surface area contributed by atoms with Crippen molar-refractivity contribution in [3.8, 4) is 5.75 Å². The van der Waals surface area contributed by atoms with Gasteiger partial charge in [0, 0.05) is 12.2 Å². The van der Waals surface area contributed by atoms with Crippen LogP contribution in [0.5, 0.6) is 5.75 Å². The standard InChI is InChI=1S/C14H20O4/c1-2-3-7-17-10-13(16)11-18-14-6-4-5-12(8-14)9-15/h4-6,8-9,13,16H,2-3,7,10-11H2,1H3. The zero-order chi connectivity index (χ0) is 13.2. The van der Waals surface area contributed by atoms with Gasteiger partial charge in [-0.3, -0.25) is 4.79 Å². The van der Waals surface area contributed by atoms with Crippen molar-refractivity contribution in [2.24, 2.45) is 0 Å². The summed E-state index contributed by atoms with van der Waals surface area (Å²) in [6.45, 7) is 3.18. The lowest BCUT2D eigenvalue weighted by Crippen LogP contribution is -2.23. The van der Waals surface area contributed by atoms with Gasteiger partial charge in [-0.15, -0.1) is 0 Å². The molecule has 1 rings (SSSR count). The summed E-state index contributed by atoms with van der Waals surface area (Å²) >= 11 is 0. The maximum Gasteiger partial charge on any atom is 0.150 e. The van der Waals surface area contributed by atoms with Gasteiger partial charge < -0.3 is 14.6 Å². The number of hydrogen-bond acceptors (Lipinski definition) is 4. The van der Waals surface area contributed by atoms with Gasteiger partial charge in [0.05, 0.1) is 6.61 Å². The average Bonchev–Trinajstić information content (AvgIpc) is 2.41. The summed E-state index contributed by atoms with van der Waals surface area (Å²) in [5.41, 5.74) is 0.557. The van der Waals surface area contributed by atoms with Gasteiger partial charge in [-0.25, -0.2) is 0 Å². The minimum Gasteiger partial charge on any atom is -0.491 e. The normalized spacial score (nSPS) is 12.1. The molecule has 18 heavy (non-hydrogen) atoms. The van der Waals surface area contributed by atoms with E-state index in [-0.39, 0.29) is 13.2 Å². The first-order chi connectivity index (χ1) is 8.76. The van der Waals surface area contributed by atoms with Crippen LogP contribution in [-0.2, 0) is 4.74 Å². The molecule has 0 fully saturated rings. The summed E-state index contributed by atoms with van der Waals surface area (Å²) in [7, 11) is 0. The highest BCUT2D eigenvalue weighted by atomic mass is 16.5. The van der Waals surface area contributed by atoms with Gasteiger partial charge in [0.1, 0.15) is 24.7 Å². The van der Waals surface area contributed by atoms with Crippen LogP contribution in [-0.4, -0.2) is 37.3 Å². The molecule has 0 aliphatic rings. The molecule has 0 saturated heterocycles. The monoisotopic (exact) mass is 252 g/mol. The van der Waals surface area contributed by atoms with Gasteiger partial charge in [-0.2, -0.15) is 0 Å². The molecule has 1 aromatic rings. The number of aliphatic hydroxyl groups excluding tert-OH is 1. The molecule has 100 valence electrons. The number of unbranched alkanes of at least 4 members (excludes halogenated alkanes) is 1. The van der Waals surface area contributed by atoms with Crippen molar-refractivity contribution in [2.75, 3.05) is 19.8 Å². The maximum atomic E-state index is 10.6. The number of rotatable bonds is 9. The van der Waals surface area contributed by atoms with Crippen LogP contribution in [0.1, 0.15) is 30.1 Å². The number of aliphatic hydroxyl groups is 1. The first-order valence-corrected chi connectivity index (χ1v) is 6.20. The highest BCUT2D eigenvalue weighted by molar-refractivity contribution is 5.75. The van der Waals surface area contributed by atoms with Crippen molar-refractivity contribution in [3.05, 3.63) is 29.8 Å². The highest BCUT2D eigenvalue weighted by Gasteiger charge is 2.05. The Hall–Kier alpha value is -1.39. The van der Waals surface area contributed by atoms with Crippen LogP contribution in [0.4, 0.5) is 0 Å². The van der Waals surface area contributed by atoms with E-state index in [1.54, 1.807) is 24.3 Å². The molecule has 4 nitrogen and oxygen atoms in total. The van der Waals surface area contributed by atoms with E-state index in [0.717, 1.165) is 19.1 Å². The molecule has 0 aliphatic heterocycles. The van der Waals surface area contributed by atoms with E-state index in [2.05, 4.69) is 6.92 Å². The van der Waals surface area contributed by atoms with Gasteiger partial charge >= 0.3 is 0 Å². The molecule has 4 heteroatoms. The Labute approximate surface area is 108 Å². The Morgan fingerprint density at radius 2 is 2.22 bits per heavy atom. The highest BCUT2D eigenvalue weighted by Crippen LogP contribution is 2.12. The Morgan fingerprint density at radius 3 is 2.94 bits per heavy atom. The third kappa shape index (κ3) is 5.80. The van der Waals surface area contributed by atoms with Gasteiger partial charge in [-0.1, -0.05) is 25.5 Å². The molecule has 0 saturated carbocycles. The molecule has 1 aromatic carbocycles. The molecular weight excluding hydrogens is 232 g/mol. The number of ether oxygens (including phenoxy) is 2. The van der Waals surface area contributed by atoms with Crippen molar-refractivity contribution < 1.29 is 19.4 Å². The summed E-state index contributed by atoms with van der Waals surface area (Å²) in [6.07, 6.45) is 2.18. The van der Waals surface area contributed by atoms with Gasteiger partial charge in [0.2, 0.25) is 0 Å². The number of carbonyl (C=O) groups is 1. The Kier molecular flexibility index (Phi) is 7.06. The van der Waals surface area contributed by atoms with E-state index in [0.29, 0.717) is 17.9 Å². The predicted octanol–water partition coefficient (Wildman–Crippen LogP) is 2.06. The Bertz CT molecular complexity index is 351. The van der Waals surface area contributed by atoms with Crippen molar-refractivity contribution >= 4 is 6.29 Å². The predicted molar refractivity (Wildman–Crippen MR) is 69.1 cm³/mol. The molecule has 0 heterocycles. The zero-order valence-corrected chi connectivity index (χ0v) is 10.7. The fraction of sp³-hybridized carbons (Fsp3) is 0.500. The molecule has 1 unspecified atom stereocenters. The zero-order valence-electron chi connectivity index (χ0n) is 10.7. The lowest BCUT2D eigenvalue weighted by molar-refractivity contribution is 0.0113. The summed E-state index contributed by atoms with van der Waals surface area (Å²) in [5, 5.41) is 9.62. The number of benzene rings is 1. The Balaban J connectivity index is 2.24. The average molecular weight is 252 g/mol. The summed E-state index contributed by atoms with van der Waals surface area (Å²) in [5.74, 6) is 0.576. The molecule has 0 aromatic heterocycles. The molecule has 0 radical (unpaired) electrons. The fourth-order valence-electron chi connectivity index (χ4n) is 1.38. The minimum absolute atomic E-state index is 0.161. The first-order valence-electron chi connectivity index (χ1n) is 6.20. The van der Waals surface area contributed by atoms with E-state index in [1.165, 1.54) is 0 Å². The van der Waals surface area contributed by atoms with Crippen LogP contribution >= 0.6 is 0 Å². The molecule has 0 spiro atoms. The topological polar surface area (TPSA) is 55.8 Å². The van der Waals surface area contributed by atoms with Crippen molar-refractivity contribution in [3.63, 3.8) is 0 Å². The number of carbonyl (C=O) groups excluding carboxylic acids is 1. The third-order valence-electron chi connectivity index (χ3n) is 2.39. The molecule has 0 amide bonds. The lowest BCUT2D eigenvalue weighted by Gasteiger charge is -2.12. The second kappa shape index (κ2) is 8.66. The summed E-state index contributed by atoms with van der Waals surface area (Å²) in [4.78, 5) is 10.6. The van der Waals surface area contributed by atoms with Crippen LogP contribution in [0.3, 0.4) is 0 Å². The van der Waals surface area contributed by atoms with Gasteiger partial charge in [0.25, 0.3) is 0 Å². The van der Waals surface area contributed by atoms with Crippen LogP contribution in [0.15, 0.2) is 24.3 Å². The van der Waals surface area contributed by atoms with Gasteiger partial charge in [0.15, 0.2) is 0 Å². The minimum atomic E-state index is -0.651. The van der Waals surface area contributed by atoms with Crippen LogP contribution in [0, 0.1) is 0 Å². The molecule has 1 atom stereocenters. The number of aldehydes is 1. The fourth-order valence-corrected chi connectivity index (χ4v) is 1.38. The second-order valence-electron chi connectivity index (χ2n) is 4.08. The van der Waals surface area contributed by atoms with Crippen LogP contribution in [0.2, 0.25) is 0 Å². The van der Waals surface area contributed by atoms with E-state index in [9.17, 15) is 9.90 Å². The second-order valence-corrected chi connectivity index (χ2v) is 4.08. The third-order valence-corrected chi connectivity index (χ3v) is 2.39. The van der Waals surface area contributed by atoms with E-state index in [1.807, 2.05) is 0 Å². The smallest absolute Gasteiger partial charge is 0.150 e. The summed E-state index contributed by atoms with van der Waals surface area (Å²) < 4.78 is 10.7. The van der Waals surface area contributed by atoms with Crippen LogP contribution in [0.25, 0.3) is 0 Å². The molecule has 1 N–H and O–H groups in total. The maximum absolute atomic E-state index is 10.6. The first kappa shape index (κ1) is 14.7. The van der Waals surface area contributed by atoms with Crippen molar-refractivity contribution in [1.29, 1.82) is 0 Å². The van der Waals surface area contributed by atoms with Crippen LogP contribution < -0.4 is 4.74 Å². The van der Waals surface area contributed by atoms with Crippen molar-refractivity contribution in [2.45, 2.75) is 25.9 Å². The Morgan fingerprint density at radius 1 is 1.39 bits per heavy atom. The SMILES string of the molecule is CCCCOCC(O)COc1cccc(C=O)c1. The molecule has 0 aliphatic carbocycles. The van der Waals surface area contributed by atoms with Crippen molar-refractivity contribution in [1.82, 2.24) is 0 Å². The van der Waals surface area contributed by atoms with E-state index < -0.39 is 6.10 Å².